The van der Waals surface area contributed by atoms with Crippen LogP contribution in [0.5, 0.6) is 0 Å². The van der Waals surface area contributed by atoms with Crippen LogP contribution in [0.2, 0.25) is 0 Å². The summed E-state index contributed by atoms with van der Waals surface area (Å²) in [5.41, 5.74) is 0. The van der Waals surface area contributed by atoms with Crippen LogP contribution in [0.3, 0.4) is 0 Å². The van der Waals surface area contributed by atoms with Crippen molar-refractivity contribution >= 4 is 19.8 Å². The number of hydrogen-bond donors (Lipinski definition) is 0. The number of carbonyl (C=O) groups is 2. The number of esters is 2. The molecule has 0 N–H and O–H groups in total. The number of carbonyl (C=O) groups excluding carboxylic acids is 2. The van der Waals surface area contributed by atoms with Crippen LogP contribution in [0.1, 0.15) is 104 Å². The average molecular weight is 694 g/mol. The van der Waals surface area contributed by atoms with Gasteiger partial charge in [-0.2, -0.15) is 0 Å². The van der Waals surface area contributed by atoms with Gasteiger partial charge in [0, 0.05) is 12.8 Å². The molecule has 48 heavy (non-hydrogen) atoms. The normalized spacial score (nSPS) is 14.7. The molecule has 0 rings (SSSR count). The van der Waals surface area contributed by atoms with Crippen LogP contribution in [-0.4, -0.2) is 70.0 Å². The Bertz CT molecular complexity index is 1060. The van der Waals surface area contributed by atoms with E-state index in [4.69, 9.17) is 18.5 Å². The minimum Gasteiger partial charge on any atom is -0.756 e. The quantitative estimate of drug-likeness (QED) is 0.0184. The molecule has 274 valence electrons. The molecule has 0 aromatic heterocycles. The number of unbranched alkanes of at least 4 members (excludes halogenated alkanes) is 8. The molecule has 0 aromatic rings. The molecule has 0 aliphatic heterocycles. The molecule has 9 nitrogen and oxygen atoms in total. The van der Waals surface area contributed by atoms with Crippen LogP contribution in [0, 0.1) is 0 Å². The van der Waals surface area contributed by atoms with E-state index in [9.17, 15) is 19.0 Å². The van der Waals surface area contributed by atoms with Crippen LogP contribution in [-0.2, 0) is 32.7 Å². The Kier molecular flexibility index (Phi) is 28.9. The number of phosphoric ester groups is 1. The smallest absolute Gasteiger partial charge is 0.306 e. The molecule has 2 atom stereocenters. The molecule has 0 saturated heterocycles. The summed E-state index contributed by atoms with van der Waals surface area (Å²) in [7, 11) is 1.10. The van der Waals surface area contributed by atoms with Gasteiger partial charge in [-0.1, -0.05) is 119 Å². The van der Waals surface area contributed by atoms with Crippen molar-refractivity contribution < 1.29 is 42.1 Å². The number of nitrogens with zero attached hydrogens (tertiary/aromatic N) is 1. The molecule has 0 fully saturated rings. The number of hydrogen-bond acceptors (Lipinski definition) is 8. The lowest BCUT2D eigenvalue weighted by Crippen LogP contribution is -2.37. The minimum absolute atomic E-state index is 0.0495. The standard InChI is InChI=1S/C38H64NO8P/c1-6-8-10-12-14-16-18-19-21-23-25-27-29-31-38(41)47-36(35-46-48(42,43)45-33-32-39(3,4)5)34-44-37(40)30-28-26-24-22-20-17-15-13-11-9-7-2/h8,10,12-16,18-19,21,23,25,36H,6-7,9,11,17,20,22,24,26-35H2,1-5H3/b10-8+,14-12+,15-13+,18-16+,21-19+,25-23+. The van der Waals surface area contributed by atoms with Crippen LogP contribution < -0.4 is 4.89 Å². The molecule has 0 spiro atoms. The van der Waals surface area contributed by atoms with E-state index in [2.05, 4.69) is 32.1 Å². The van der Waals surface area contributed by atoms with Gasteiger partial charge in [0.1, 0.15) is 19.8 Å². The van der Waals surface area contributed by atoms with E-state index in [0.717, 1.165) is 44.9 Å². The van der Waals surface area contributed by atoms with Gasteiger partial charge >= 0.3 is 11.9 Å². The van der Waals surface area contributed by atoms with E-state index < -0.39 is 32.5 Å². The van der Waals surface area contributed by atoms with Gasteiger partial charge in [-0.05, 0) is 44.9 Å². The summed E-state index contributed by atoms with van der Waals surface area (Å²) in [5.74, 6) is -0.945. The maximum absolute atomic E-state index is 12.5. The van der Waals surface area contributed by atoms with Crippen LogP contribution in [0.25, 0.3) is 0 Å². The van der Waals surface area contributed by atoms with Gasteiger partial charge in [0.15, 0.2) is 6.10 Å². The monoisotopic (exact) mass is 693 g/mol. The molecule has 0 amide bonds. The summed E-state index contributed by atoms with van der Waals surface area (Å²) in [6.07, 6.45) is 35.2. The average Bonchev–Trinajstić information content (AvgIpc) is 3.02. The summed E-state index contributed by atoms with van der Waals surface area (Å²) < 4.78 is 33.5. The lowest BCUT2D eigenvalue weighted by Gasteiger charge is -2.28. The SMILES string of the molecule is CC/C=C/C=C/C=C/C=C/C=C/CCCC(=O)OC(COC(=O)CCCCCCC/C=C/CCCC)COP(=O)([O-])OCC[N+](C)(C)C. The Morgan fingerprint density at radius 2 is 1.23 bits per heavy atom. The maximum Gasteiger partial charge on any atom is 0.306 e. The first-order valence-corrected chi connectivity index (χ1v) is 19.2. The third-order valence-electron chi connectivity index (χ3n) is 6.84. The van der Waals surface area contributed by atoms with E-state index >= 15 is 0 Å². The highest BCUT2D eigenvalue weighted by Crippen LogP contribution is 2.38. The van der Waals surface area contributed by atoms with E-state index in [1.165, 1.54) is 12.8 Å². The zero-order valence-corrected chi connectivity index (χ0v) is 31.3. The zero-order valence-electron chi connectivity index (χ0n) is 30.4. The van der Waals surface area contributed by atoms with Crippen molar-refractivity contribution in [2.45, 2.75) is 110 Å². The van der Waals surface area contributed by atoms with Gasteiger partial charge in [-0.15, -0.1) is 0 Å². The molecule has 0 bridgehead atoms. The second kappa shape index (κ2) is 30.5. The van der Waals surface area contributed by atoms with Gasteiger partial charge in [0.05, 0.1) is 27.7 Å². The summed E-state index contributed by atoms with van der Waals surface area (Å²) in [5, 5.41) is 0. The summed E-state index contributed by atoms with van der Waals surface area (Å²) in [6, 6.07) is 0. The summed E-state index contributed by atoms with van der Waals surface area (Å²) in [4.78, 5) is 37.2. The molecule has 0 heterocycles. The lowest BCUT2D eigenvalue weighted by molar-refractivity contribution is -0.870. The topological polar surface area (TPSA) is 111 Å². The molecular weight excluding hydrogens is 629 g/mol. The van der Waals surface area contributed by atoms with Gasteiger partial charge in [0.2, 0.25) is 0 Å². The number of quaternary nitrogens is 1. The maximum atomic E-state index is 12.5. The number of rotatable bonds is 30. The molecule has 10 heteroatoms. The van der Waals surface area contributed by atoms with Crippen molar-refractivity contribution in [1.29, 1.82) is 0 Å². The second-order valence-electron chi connectivity index (χ2n) is 12.6. The largest absolute Gasteiger partial charge is 0.756 e. The molecule has 0 saturated carbocycles. The molecule has 0 aliphatic carbocycles. The Morgan fingerprint density at radius 3 is 1.88 bits per heavy atom. The Morgan fingerprint density at radius 1 is 0.667 bits per heavy atom. The highest BCUT2D eigenvalue weighted by atomic mass is 31.2. The van der Waals surface area contributed by atoms with Crippen molar-refractivity contribution in [3.63, 3.8) is 0 Å². The molecule has 2 unspecified atom stereocenters. The minimum atomic E-state index is -4.64. The van der Waals surface area contributed by atoms with Crippen molar-refractivity contribution in [1.82, 2.24) is 0 Å². The third kappa shape index (κ3) is 33.4. The Labute approximate surface area is 291 Å². The van der Waals surface area contributed by atoms with E-state index in [0.29, 0.717) is 30.3 Å². The van der Waals surface area contributed by atoms with Gasteiger partial charge in [0.25, 0.3) is 7.82 Å². The van der Waals surface area contributed by atoms with Crippen molar-refractivity contribution in [3.05, 3.63) is 72.9 Å². The van der Waals surface area contributed by atoms with Crippen LogP contribution >= 0.6 is 7.82 Å². The number of phosphoric acid groups is 1. The van der Waals surface area contributed by atoms with Crippen LogP contribution in [0.15, 0.2) is 72.9 Å². The van der Waals surface area contributed by atoms with Gasteiger partial charge in [-0.25, -0.2) is 0 Å². The van der Waals surface area contributed by atoms with E-state index in [-0.39, 0.29) is 26.1 Å². The van der Waals surface area contributed by atoms with Crippen LogP contribution in [0.4, 0.5) is 0 Å². The fraction of sp³-hybridized carbons (Fsp3) is 0.632. The number of likely N-dealkylation sites (N-methyl/N-ethyl adjacent to an activating group) is 1. The van der Waals surface area contributed by atoms with E-state index in [1.807, 2.05) is 75.8 Å². The predicted octanol–water partition coefficient (Wildman–Crippen LogP) is 8.49. The molecule has 0 aliphatic rings. The van der Waals surface area contributed by atoms with E-state index in [1.54, 1.807) is 0 Å². The zero-order chi connectivity index (χ0) is 35.8. The van der Waals surface area contributed by atoms with Gasteiger partial charge < -0.3 is 27.9 Å². The molecular formula is C38H64NO8P. The first kappa shape index (κ1) is 45.5. The number of ether oxygens (including phenoxy) is 2. The first-order valence-electron chi connectivity index (χ1n) is 17.7. The third-order valence-corrected chi connectivity index (χ3v) is 7.80. The summed E-state index contributed by atoms with van der Waals surface area (Å²) >= 11 is 0. The fourth-order valence-corrected chi connectivity index (χ4v) is 4.74. The van der Waals surface area contributed by atoms with Crippen molar-refractivity contribution in [2.24, 2.45) is 0 Å². The van der Waals surface area contributed by atoms with Crippen molar-refractivity contribution in [2.75, 3.05) is 47.5 Å². The Balaban J connectivity index is 4.66. The highest BCUT2D eigenvalue weighted by molar-refractivity contribution is 7.45. The number of allylic oxidation sites excluding steroid dienone is 12. The fourth-order valence-electron chi connectivity index (χ4n) is 4.02. The van der Waals surface area contributed by atoms with Crippen molar-refractivity contribution in [3.8, 4) is 0 Å². The highest BCUT2D eigenvalue weighted by Gasteiger charge is 2.21. The molecule has 0 aromatic carbocycles. The Hall–Kier alpha value is -2.55. The van der Waals surface area contributed by atoms with Gasteiger partial charge in [-0.3, -0.25) is 14.2 Å². The molecule has 0 radical (unpaired) electrons. The predicted molar refractivity (Wildman–Crippen MR) is 194 cm³/mol. The summed E-state index contributed by atoms with van der Waals surface area (Å²) in [6.45, 7) is 3.89. The lowest BCUT2D eigenvalue weighted by atomic mass is 10.1. The second-order valence-corrected chi connectivity index (χ2v) is 14.0. The first-order chi connectivity index (χ1) is 23.0.